The molecule has 1 saturated heterocycles. The van der Waals surface area contributed by atoms with Crippen molar-refractivity contribution in [3.8, 4) is 0 Å². The summed E-state index contributed by atoms with van der Waals surface area (Å²) in [7, 11) is 0. The van der Waals surface area contributed by atoms with E-state index >= 15 is 0 Å². The number of aliphatic hydroxyl groups is 1. The molecule has 2 atom stereocenters. The van der Waals surface area contributed by atoms with Gasteiger partial charge in [0.1, 0.15) is 5.60 Å². The highest BCUT2D eigenvalue weighted by molar-refractivity contribution is 5.68. The largest absolute Gasteiger partial charge is 0.444 e. The van der Waals surface area contributed by atoms with Gasteiger partial charge in [-0.1, -0.05) is 13.3 Å². The van der Waals surface area contributed by atoms with E-state index in [0.29, 0.717) is 13.1 Å². The van der Waals surface area contributed by atoms with Crippen LogP contribution in [-0.4, -0.2) is 53.0 Å². The van der Waals surface area contributed by atoms with Gasteiger partial charge in [0.15, 0.2) is 0 Å². The minimum absolute atomic E-state index is 0.154. The van der Waals surface area contributed by atoms with E-state index in [2.05, 4.69) is 12.2 Å². The number of likely N-dealkylation sites (tertiary alicyclic amines) is 1. The summed E-state index contributed by atoms with van der Waals surface area (Å²) < 4.78 is 5.50. The lowest BCUT2D eigenvalue weighted by molar-refractivity contribution is 0.00838. The average Bonchev–Trinajstić information content (AvgIpc) is 2.36. The number of ether oxygens (including phenoxy) is 1. The van der Waals surface area contributed by atoms with Gasteiger partial charge < -0.3 is 20.1 Å². The molecule has 1 aliphatic rings. The number of nitrogens with one attached hydrogen (secondary N) is 1. The minimum atomic E-state index is -0.680. The van der Waals surface area contributed by atoms with Crippen LogP contribution in [0.15, 0.2) is 0 Å². The second-order valence-electron chi connectivity index (χ2n) is 7.70. The molecule has 0 saturated carbocycles. The maximum atomic E-state index is 12.3. The van der Waals surface area contributed by atoms with Crippen LogP contribution >= 0.6 is 0 Å². The molecule has 0 aliphatic carbocycles. The first-order valence-electron chi connectivity index (χ1n) is 8.57. The molecule has 0 aromatic heterocycles. The SMILES string of the molecule is CCCC(C)(O)CNCC1CCCCN1C(=O)OC(C)(C)C. The van der Waals surface area contributed by atoms with Gasteiger partial charge in [-0.2, -0.15) is 0 Å². The van der Waals surface area contributed by atoms with Crippen molar-refractivity contribution in [3.05, 3.63) is 0 Å². The van der Waals surface area contributed by atoms with Crippen LogP contribution in [0.2, 0.25) is 0 Å². The Labute approximate surface area is 135 Å². The second kappa shape index (κ2) is 8.16. The highest BCUT2D eigenvalue weighted by atomic mass is 16.6. The Morgan fingerprint density at radius 2 is 2.00 bits per heavy atom. The summed E-state index contributed by atoms with van der Waals surface area (Å²) in [6.45, 7) is 11.6. The van der Waals surface area contributed by atoms with Gasteiger partial charge in [0.2, 0.25) is 0 Å². The Hall–Kier alpha value is -0.810. The molecule has 1 aliphatic heterocycles. The minimum Gasteiger partial charge on any atom is -0.444 e. The number of rotatable bonds is 6. The lowest BCUT2D eigenvalue weighted by Gasteiger charge is -2.37. The molecule has 0 bridgehead atoms. The lowest BCUT2D eigenvalue weighted by atomic mass is 9.99. The first-order valence-corrected chi connectivity index (χ1v) is 8.57. The van der Waals surface area contributed by atoms with Gasteiger partial charge in [-0.3, -0.25) is 0 Å². The van der Waals surface area contributed by atoms with Crippen molar-refractivity contribution in [3.63, 3.8) is 0 Å². The summed E-state index contributed by atoms with van der Waals surface area (Å²) in [4.78, 5) is 14.2. The Morgan fingerprint density at radius 1 is 1.32 bits per heavy atom. The molecule has 2 N–H and O–H groups in total. The zero-order chi connectivity index (χ0) is 16.8. The molecule has 0 spiro atoms. The zero-order valence-electron chi connectivity index (χ0n) is 14.9. The van der Waals surface area contributed by atoms with Crippen molar-refractivity contribution in [2.75, 3.05) is 19.6 Å². The topological polar surface area (TPSA) is 61.8 Å². The molecule has 22 heavy (non-hydrogen) atoms. The van der Waals surface area contributed by atoms with Gasteiger partial charge in [-0.15, -0.1) is 0 Å². The fraction of sp³-hybridized carbons (Fsp3) is 0.941. The Morgan fingerprint density at radius 3 is 2.59 bits per heavy atom. The molecule has 1 heterocycles. The van der Waals surface area contributed by atoms with E-state index in [9.17, 15) is 9.90 Å². The summed E-state index contributed by atoms with van der Waals surface area (Å²) in [5.41, 5.74) is -1.14. The molecule has 0 radical (unpaired) electrons. The van der Waals surface area contributed by atoms with Crippen LogP contribution in [0, 0.1) is 0 Å². The van der Waals surface area contributed by atoms with Gasteiger partial charge in [-0.25, -0.2) is 4.79 Å². The van der Waals surface area contributed by atoms with Gasteiger partial charge in [-0.05, 0) is 53.4 Å². The van der Waals surface area contributed by atoms with Gasteiger partial charge in [0.05, 0.1) is 5.60 Å². The summed E-state index contributed by atoms with van der Waals surface area (Å²) in [5.74, 6) is 0. The van der Waals surface area contributed by atoms with Crippen molar-refractivity contribution < 1.29 is 14.6 Å². The number of nitrogens with zero attached hydrogens (tertiary/aromatic N) is 1. The number of carbonyl (C=O) groups is 1. The molecule has 1 fully saturated rings. The summed E-state index contributed by atoms with van der Waals surface area (Å²) >= 11 is 0. The van der Waals surface area contributed by atoms with E-state index in [-0.39, 0.29) is 12.1 Å². The molecule has 5 heteroatoms. The van der Waals surface area contributed by atoms with Gasteiger partial charge >= 0.3 is 6.09 Å². The average molecular weight is 314 g/mol. The fourth-order valence-electron chi connectivity index (χ4n) is 2.91. The van der Waals surface area contributed by atoms with Crippen molar-refractivity contribution in [1.29, 1.82) is 0 Å². The van der Waals surface area contributed by atoms with Crippen LogP contribution in [0.1, 0.15) is 66.7 Å². The second-order valence-corrected chi connectivity index (χ2v) is 7.70. The third-order valence-corrected chi connectivity index (χ3v) is 3.93. The van der Waals surface area contributed by atoms with Crippen LogP contribution in [0.5, 0.6) is 0 Å². The van der Waals surface area contributed by atoms with Crippen LogP contribution in [-0.2, 0) is 4.74 Å². The molecule has 2 unspecified atom stereocenters. The predicted molar refractivity (Wildman–Crippen MR) is 89.0 cm³/mol. The summed E-state index contributed by atoms with van der Waals surface area (Å²) in [5, 5.41) is 13.5. The van der Waals surface area contributed by atoms with Crippen molar-refractivity contribution in [1.82, 2.24) is 10.2 Å². The molecule has 1 amide bonds. The number of amides is 1. The monoisotopic (exact) mass is 314 g/mol. The fourth-order valence-corrected chi connectivity index (χ4v) is 2.91. The molecular weight excluding hydrogens is 280 g/mol. The summed E-state index contributed by atoms with van der Waals surface area (Å²) in [6.07, 6.45) is 4.67. The maximum Gasteiger partial charge on any atom is 0.410 e. The number of hydrogen-bond donors (Lipinski definition) is 2. The lowest BCUT2D eigenvalue weighted by Crippen LogP contribution is -2.51. The number of carbonyl (C=O) groups excluding carboxylic acids is 1. The normalized spacial score (nSPS) is 22.3. The van der Waals surface area contributed by atoms with E-state index in [4.69, 9.17) is 4.74 Å². The van der Waals surface area contributed by atoms with Gasteiger partial charge in [0, 0.05) is 25.7 Å². The zero-order valence-corrected chi connectivity index (χ0v) is 14.9. The molecule has 0 aromatic rings. The van der Waals surface area contributed by atoms with Gasteiger partial charge in [0.25, 0.3) is 0 Å². The highest BCUT2D eigenvalue weighted by Gasteiger charge is 2.30. The molecule has 130 valence electrons. The molecular formula is C17H34N2O3. The predicted octanol–water partition coefficient (Wildman–Crippen LogP) is 2.92. The highest BCUT2D eigenvalue weighted by Crippen LogP contribution is 2.20. The Kier molecular flexibility index (Phi) is 7.13. The first kappa shape index (κ1) is 19.2. The van der Waals surface area contributed by atoms with E-state index in [1.165, 1.54) is 0 Å². The van der Waals surface area contributed by atoms with E-state index in [1.807, 2.05) is 32.6 Å². The maximum absolute atomic E-state index is 12.3. The smallest absolute Gasteiger partial charge is 0.410 e. The van der Waals surface area contributed by atoms with E-state index in [1.54, 1.807) is 0 Å². The van der Waals surface area contributed by atoms with Crippen LogP contribution in [0.25, 0.3) is 0 Å². The van der Waals surface area contributed by atoms with E-state index in [0.717, 1.165) is 38.6 Å². The van der Waals surface area contributed by atoms with Crippen LogP contribution < -0.4 is 5.32 Å². The van der Waals surface area contributed by atoms with Crippen molar-refractivity contribution in [2.24, 2.45) is 0 Å². The molecule has 5 nitrogen and oxygen atoms in total. The third kappa shape index (κ3) is 6.97. The Balaban J connectivity index is 2.50. The number of hydrogen-bond acceptors (Lipinski definition) is 4. The first-order chi connectivity index (χ1) is 10.1. The summed E-state index contributed by atoms with van der Waals surface area (Å²) in [6, 6.07) is 0.154. The Bertz CT molecular complexity index is 350. The van der Waals surface area contributed by atoms with Crippen LogP contribution in [0.3, 0.4) is 0 Å². The van der Waals surface area contributed by atoms with Crippen molar-refractivity contribution in [2.45, 2.75) is 84.0 Å². The van der Waals surface area contributed by atoms with Crippen molar-refractivity contribution >= 4 is 6.09 Å². The van der Waals surface area contributed by atoms with Crippen LogP contribution in [0.4, 0.5) is 4.79 Å². The molecule has 1 rings (SSSR count). The molecule has 0 aromatic carbocycles. The quantitative estimate of drug-likeness (QED) is 0.791. The number of piperidine rings is 1. The van der Waals surface area contributed by atoms with E-state index < -0.39 is 11.2 Å². The standard InChI is InChI=1S/C17H34N2O3/c1-6-10-17(5,21)13-18-12-14-9-7-8-11-19(14)15(20)22-16(2,3)4/h14,18,21H,6-13H2,1-5H3. The third-order valence-electron chi connectivity index (χ3n) is 3.93.